The van der Waals surface area contributed by atoms with Crippen molar-refractivity contribution in [1.29, 1.82) is 0 Å². The minimum atomic E-state index is -1.17. The van der Waals surface area contributed by atoms with Crippen molar-refractivity contribution in [2.24, 2.45) is 5.84 Å². The van der Waals surface area contributed by atoms with Gasteiger partial charge in [-0.05, 0) is 0 Å². The molecule has 5 heteroatoms. The van der Waals surface area contributed by atoms with Gasteiger partial charge in [0.25, 0.3) is 0 Å². The van der Waals surface area contributed by atoms with Gasteiger partial charge in [0, 0.05) is 0 Å². The van der Waals surface area contributed by atoms with Crippen LogP contribution in [0.2, 0.25) is 0 Å². The summed E-state index contributed by atoms with van der Waals surface area (Å²) in [7, 11) is 7.71. The van der Waals surface area contributed by atoms with Crippen molar-refractivity contribution in [1.82, 2.24) is 4.17 Å². The van der Waals surface area contributed by atoms with Crippen LogP contribution in [-0.2, 0) is 14.7 Å². The third-order valence-corrected chi connectivity index (χ3v) is 1.63. The quantitative estimate of drug-likeness (QED) is 0.270. The van der Waals surface area contributed by atoms with Crippen LogP contribution in [0.3, 0.4) is 0 Å². The summed E-state index contributed by atoms with van der Waals surface area (Å²) in [5.74, 6) is 4.83. The summed E-state index contributed by atoms with van der Waals surface area (Å²) >= 11 is -1.17. The Bertz CT molecular complexity index is 23.6. The summed E-state index contributed by atoms with van der Waals surface area (Å²) in [6, 6.07) is 0. The summed E-state index contributed by atoms with van der Waals surface area (Å²) in [6.07, 6.45) is 0. The molecule has 1 atom stereocenters. The van der Waals surface area contributed by atoms with Gasteiger partial charge in [-0.1, -0.05) is 0 Å². The van der Waals surface area contributed by atoms with Crippen molar-refractivity contribution in [2.75, 3.05) is 0 Å². The van der Waals surface area contributed by atoms with Gasteiger partial charge in [0.1, 0.15) is 0 Å². The van der Waals surface area contributed by atoms with Crippen LogP contribution in [0.5, 0.6) is 0 Å². The van der Waals surface area contributed by atoms with E-state index in [4.69, 9.17) is 15.5 Å². The molecule has 0 radical (unpaired) electrons. The zero-order valence-electron chi connectivity index (χ0n) is 2.37. The molecule has 0 heterocycles. The van der Waals surface area contributed by atoms with Gasteiger partial charge in [-0.2, -0.15) is 0 Å². The van der Waals surface area contributed by atoms with E-state index >= 15 is 0 Å². The van der Waals surface area contributed by atoms with Crippen molar-refractivity contribution in [2.45, 2.75) is 0 Å². The second kappa shape index (κ2) is 3.45. The Hall–Kier alpha value is 1.26. The average molecular weight is 202 g/mol. The summed E-state index contributed by atoms with van der Waals surface area (Å²) in [5.41, 5.74) is 0. The van der Waals surface area contributed by atoms with Crippen molar-refractivity contribution in [3.63, 3.8) is 0 Å². The molecule has 36 valence electrons. The molecule has 3 N–H and O–H groups in total. The molecule has 0 aromatic carbocycles. The molecule has 2 nitrogen and oxygen atoms in total. The Kier molecular flexibility index (Phi) is 4.33. The average Bonchev–Trinajstić information content (AvgIpc) is 1.38. The van der Waals surface area contributed by atoms with E-state index < -0.39 is 14.7 Å². The first-order valence-corrected chi connectivity index (χ1v) is 6.93. The molecule has 0 spiro atoms. The molecule has 1 unspecified atom stereocenters. The van der Waals surface area contributed by atoms with E-state index in [9.17, 15) is 0 Å². The molecular formula is H5ClN2PRh. The second-order valence-electron chi connectivity index (χ2n) is 0.328. The monoisotopic (exact) mass is 202 g/mol. The molecule has 5 heavy (non-hydrogen) atoms. The van der Waals surface area contributed by atoms with Crippen LogP contribution in [0.4, 0.5) is 0 Å². The van der Waals surface area contributed by atoms with E-state index in [-0.39, 0.29) is 0 Å². The molecule has 0 aliphatic carbocycles. The fourth-order valence-electron chi connectivity index (χ4n) is 0. The van der Waals surface area contributed by atoms with Crippen LogP contribution < -0.4 is 10.0 Å². The SMILES string of the molecule is N[NH][Rh]([PH2])[Cl]. The summed E-state index contributed by atoms with van der Waals surface area (Å²) in [6.45, 7) is 0. The van der Waals surface area contributed by atoms with E-state index in [1.54, 1.807) is 0 Å². The number of hydrazine groups is 1. The summed E-state index contributed by atoms with van der Waals surface area (Å²) in [4.78, 5) is 0. The van der Waals surface area contributed by atoms with E-state index in [1.165, 1.54) is 0 Å². The van der Waals surface area contributed by atoms with Gasteiger partial charge in [-0.25, -0.2) is 0 Å². The van der Waals surface area contributed by atoms with Crippen LogP contribution >= 0.6 is 17.3 Å². The molecule has 0 saturated carbocycles. The normalized spacial score (nSPS) is 11.4. The van der Waals surface area contributed by atoms with E-state index in [1.807, 2.05) is 0 Å². The van der Waals surface area contributed by atoms with Crippen LogP contribution in [-0.4, -0.2) is 0 Å². The molecule has 0 aliphatic heterocycles. The third-order valence-electron chi connectivity index (χ3n) is 0.0919. The zero-order chi connectivity index (χ0) is 4.28. The Morgan fingerprint density at radius 3 is 2.20 bits per heavy atom. The van der Waals surface area contributed by atoms with Gasteiger partial charge in [0.2, 0.25) is 0 Å². The first kappa shape index (κ1) is 6.26. The molecular weight excluding hydrogens is 197 g/mol. The first-order chi connectivity index (χ1) is 2.27. The standard InChI is InChI=1S/ClH.H3N2.H2P.Rh/c;1-2;;/h1H;1H,2H2;1H2;/q;2*-1;+3/p-1. The fraction of sp³-hybridized carbons (Fsp3) is 0. The second-order valence-corrected chi connectivity index (χ2v) is 7.27. The summed E-state index contributed by atoms with van der Waals surface area (Å²) < 4.78 is 2.39. The number of rotatable bonds is 1. The maximum absolute atomic E-state index is 5.32. The molecule has 0 aromatic rings. The number of hydrogen-bond acceptors (Lipinski definition) is 2. The summed E-state index contributed by atoms with van der Waals surface area (Å²) in [5, 5.41) is 0. The number of nitrogens with two attached hydrogens (primary N) is 1. The Balaban J connectivity index is 2.54. The molecule has 0 saturated heterocycles. The van der Waals surface area contributed by atoms with E-state index in [0.717, 1.165) is 0 Å². The Labute approximate surface area is 42.3 Å². The van der Waals surface area contributed by atoms with Gasteiger partial charge in [-0.3, -0.25) is 0 Å². The topological polar surface area (TPSA) is 38.0 Å². The Morgan fingerprint density at radius 1 is 2.00 bits per heavy atom. The van der Waals surface area contributed by atoms with Gasteiger partial charge in [0.05, 0.1) is 0 Å². The minimum absolute atomic E-state index is 1.17. The molecule has 0 fully saturated rings. The molecule has 0 rings (SSSR count). The van der Waals surface area contributed by atoms with Crippen LogP contribution in [0.1, 0.15) is 0 Å². The molecule has 0 amide bonds. The predicted octanol–water partition coefficient (Wildman–Crippen LogP) is -0.0732. The first-order valence-electron chi connectivity index (χ1n) is 0.774. The van der Waals surface area contributed by atoms with Gasteiger partial charge in [0.15, 0.2) is 0 Å². The van der Waals surface area contributed by atoms with Crippen LogP contribution in [0, 0.1) is 0 Å². The van der Waals surface area contributed by atoms with E-state index in [2.05, 4.69) is 11.7 Å². The van der Waals surface area contributed by atoms with Gasteiger partial charge < -0.3 is 0 Å². The molecule has 0 bridgehead atoms. The van der Waals surface area contributed by atoms with Crippen LogP contribution in [0.15, 0.2) is 0 Å². The van der Waals surface area contributed by atoms with Gasteiger partial charge >= 0.3 is 42.0 Å². The number of nitrogens with one attached hydrogen (secondary N) is 1. The predicted molar refractivity (Wildman–Crippen MR) is 22.9 cm³/mol. The maximum atomic E-state index is 5.32. The van der Waals surface area contributed by atoms with Crippen LogP contribution in [0.25, 0.3) is 0 Å². The number of hydrogen-bond donors (Lipinski definition) is 2. The number of halogens is 1. The Morgan fingerprint density at radius 2 is 2.20 bits per heavy atom. The van der Waals surface area contributed by atoms with Crippen molar-refractivity contribution >= 4 is 17.3 Å². The van der Waals surface area contributed by atoms with Crippen molar-refractivity contribution < 1.29 is 14.7 Å². The van der Waals surface area contributed by atoms with Gasteiger partial charge in [-0.15, -0.1) is 0 Å². The zero-order valence-corrected chi connectivity index (χ0v) is 5.92. The molecule has 0 aromatic heterocycles. The van der Waals surface area contributed by atoms with Crippen molar-refractivity contribution in [3.8, 4) is 0 Å². The molecule has 0 aliphatic rings. The third kappa shape index (κ3) is 5.26. The van der Waals surface area contributed by atoms with Crippen molar-refractivity contribution in [3.05, 3.63) is 0 Å². The van der Waals surface area contributed by atoms with E-state index in [0.29, 0.717) is 0 Å². The fourth-order valence-corrected chi connectivity index (χ4v) is 0.